The lowest BCUT2D eigenvalue weighted by atomic mass is 9.88. The van der Waals surface area contributed by atoms with Crippen LogP contribution in [-0.2, 0) is 42.8 Å². The molecule has 0 radical (unpaired) electrons. The molecule has 3 aliphatic rings. The van der Waals surface area contributed by atoms with E-state index in [1.807, 2.05) is 6.08 Å². The lowest BCUT2D eigenvalue weighted by Crippen LogP contribution is -2.70. The SMILES string of the molecule is CCCCCCCC/C=C\CCCCCC(=O)NC(COC1OC(CO)C(OC2OC(CO)C(O)C(OC3(C(=O)O)CC(O)C(NC(C)=O)C(C(O)C(O)CO)O3)C2O)C(O)C1O)C(O)/C=C/CCCCCCCCCCC. The minimum atomic E-state index is -3.08. The average molecular weight is 1120 g/mol. The molecule has 18 unspecified atom stereocenters. The van der Waals surface area contributed by atoms with Crippen LogP contribution in [0.4, 0.5) is 0 Å². The van der Waals surface area contributed by atoms with Gasteiger partial charge in [-0.3, -0.25) is 9.59 Å². The molecule has 3 rings (SSSR count). The Labute approximate surface area is 460 Å². The molecule has 3 saturated heterocycles. The smallest absolute Gasteiger partial charge is 0.364 e. The number of allylic oxidation sites excluding steroid dienone is 3. The molecule has 3 aliphatic heterocycles. The number of aliphatic hydroxyl groups excluding tert-OH is 11. The largest absolute Gasteiger partial charge is 0.477 e. The predicted molar refractivity (Wildman–Crippen MR) is 283 cm³/mol. The van der Waals surface area contributed by atoms with E-state index in [1.165, 1.54) is 77.0 Å². The number of carboxylic acids is 1. The highest BCUT2D eigenvalue weighted by Gasteiger charge is 2.60. The van der Waals surface area contributed by atoms with Gasteiger partial charge in [-0.25, -0.2) is 4.79 Å². The van der Waals surface area contributed by atoms with Gasteiger partial charge >= 0.3 is 5.97 Å². The summed E-state index contributed by atoms with van der Waals surface area (Å²) in [4.78, 5) is 38.3. The second-order valence-corrected chi connectivity index (χ2v) is 21.1. The van der Waals surface area contributed by atoms with Crippen LogP contribution in [0.3, 0.4) is 0 Å². The third-order valence-corrected chi connectivity index (χ3v) is 14.6. The molecule has 0 aliphatic carbocycles. The van der Waals surface area contributed by atoms with Crippen LogP contribution in [-0.4, -0.2) is 215 Å². The number of unbranched alkanes of at least 4 members (excludes halogenated alkanes) is 18. The van der Waals surface area contributed by atoms with Gasteiger partial charge in [0.05, 0.1) is 50.7 Å². The average Bonchev–Trinajstić information content (AvgIpc) is 3.51. The number of carboxylic acid groups (broad SMARTS) is 1. The zero-order valence-electron chi connectivity index (χ0n) is 46.3. The highest BCUT2D eigenvalue weighted by Crippen LogP contribution is 2.38. The zero-order chi connectivity index (χ0) is 57.6. The van der Waals surface area contributed by atoms with Crippen LogP contribution in [0.25, 0.3) is 0 Å². The van der Waals surface area contributed by atoms with E-state index in [4.69, 9.17) is 28.4 Å². The molecule has 14 N–H and O–H groups in total. The fourth-order valence-corrected chi connectivity index (χ4v) is 9.93. The standard InChI is InChI=1S/C55H98N2O21/c1-4-6-8-10-12-14-16-17-19-21-23-25-27-29-42(65)57-36(37(62)28-26-24-22-20-18-15-13-11-9-7-5-2)34-73-52-47(69)46(68)49(41(33-60)75-52)76-53-48(70)51(45(67)40(32-59)74-53)78-55(54(71)72)30-38(63)43(56-35(3)61)50(77-55)44(66)39(64)31-58/h17,19,26,28,36-41,43-53,58-60,62-64,66-70H,4-16,18,20-25,27,29-34H2,1-3H3,(H,56,61)(H,57,65)(H,71,72)/b19-17-,28-26+. The molecule has 23 nitrogen and oxygen atoms in total. The number of rotatable bonds is 40. The molecule has 0 spiro atoms. The molecule has 23 heteroatoms. The summed E-state index contributed by atoms with van der Waals surface area (Å²) >= 11 is 0. The van der Waals surface area contributed by atoms with Gasteiger partial charge in [0.2, 0.25) is 11.8 Å². The molecule has 0 bridgehead atoms. The maximum atomic E-state index is 13.3. The van der Waals surface area contributed by atoms with E-state index in [1.54, 1.807) is 6.08 Å². The second kappa shape index (κ2) is 38.1. The lowest BCUT2D eigenvalue weighted by molar-refractivity contribution is -0.386. The molecule has 0 aromatic heterocycles. The van der Waals surface area contributed by atoms with E-state index in [0.717, 1.165) is 51.9 Å². The topological polar surface area (TPSA) is 373 Å². The van der Waals surface area contributed by atoms with Crippen molar-refractivity contribution >= 4 is 17.8 Å². The van der Waals surface area contributed by atoms with Gasteiger partial charge in [0.25, 0.3) is 5.79 Å². The van der Waals surface area contributed by atoms with Crippen molar-refractivity contribution in [2.75, 3.05) is 26.4 Å². The number of carbonyl (C=O) groups excluding carboxylic acids is 2. The van der Waals surface area contributed by atoms with Crippen molar-refractivity contribution in [1.29, 1.82) is 0 Å². The van der Waals surface area contributed by atoms with Gasteiger partial charge in [0.15, 0.2) is 12.6 Å². The Morgan fingerprint density at radius 1 is 0.667 bits per heavy atom. The van der Waals surface area contributed by atoms with Crippen molar-refractivity contribution in [2.45, 2.75) is 278 Å². The van der Waals surface area contributed by atoms with Crippen molar-refractivity contribution in [2.24, 2.45) is 0 Å². The summed E-state index contributed by atoms with van der Waals surface area (Å²) in [6, 6.07) is -2.62. The van der Waals surface area contributed by atoms with E-state index >= 15 is 0 Å². The molecule has 0 aromatic carbocycles. The Bertz CT molecular complexity index is 1710. The number of nitrogens with one attached hydrogen (secondary N) is 2. The van der Waals surface area contributed by atoms with Crippen LogP contribution in [0.1, 0.15) is 168 Å². The maximum absolute atomic E-state index is 13.3. The number of amides is 2. The van der Waals surface area contributed by atoms with E-state index in [0.29, 0.717) is 12.8 Å². The molecular weight excluding hydrogens is 1020 g/mol. The number of carbonyl (C=O) groups is 3. The number of hydrogen-bond acceptors (Lipinski definition) is 20. The fourth-order valence-electron chi connectivity index (χ4n) is 9.93. The summed E-state index contributed by atoms with van der Waals surface area (Å²) in [5.41, 5.74) is 0. The second-order valence-electron chi connectivity index (χ2n) is 21.1. The monoisotopic (exact) mass is 1120 g/mol. The van der Waals surface area contributed by atoms with Crippen molar-refractivity contribution in [3.8, 4) is 0 Å². The predicted octanol–water partition coefficient (Wildman–Crippen LogP) is 1.38. The quantitative estimate of drug-likeness (QED) is 0.0304. The van der Waals surface area contributed by atoms with Gasteiger partial charge in [0.1, 0.15) is 67.1 Å². The van der Waals surface area contributed by atoms with Crippen LogP contribution in [0.15, 0.2) is 24.3 Å². The molecule has 78 heavy (non-hydrogen) atoms. The summed E-state index contributed by atoms with van der Waals surface area (Å²) in [7, 11) is 0. The highest BCUT2D eigenvalue weighted by molar-refractivity contribution is 5.77. The van der Waals surface area contributed by atoms with Crippen LogP contribution in [0, 0.1) is 0 Å². The maximum Gasteiger partial charge on any atom is 0.364 e. The summed E-state index contributed by atoms with van der Waals surface area (Å²) in [5.74, 6) is -6.17. The Kier molecular flexibility index (Phi) is 33.9. The van der Waals surface area contributed by atoms with Crippen LogP contribution < -0.4 is 10.6 Å². The highest BCUT2D eigenvalue weighted by atomic mass is 16.8. The minimum Gasteiger partial charge on any atom is -0.477 e. The van der Waals surface area contributed by atoms with Crippen molar-refractivity contribution in [3.05, 3.63) is 24.3 Å². The van der Waals surface area contributed by atoms with Gasteiger partial charge in [-0.15, -0.1) is 0 Å². The third kappa shape index (κ3) is 22.9. The number of hydrogen-bond donors (Lipinski definition) is 14. The first-order chi connectivity index (χ1) is 37.4. The molecule has 454 valence electrons. The van der Waals surface area contributed by atoms with Gasteiger partial charge < -0.3 is 100 Å². The first-order valence-electron chi connectivity index (χ1n) is 28.7. The zero-order valence-corrected chi connectivity index (χ0v) is 46.3. The first kappa shape index (κ1) is 69.5. The Hall–Kier alpha value is -2.79. The van der Waals surface area contributed by atoms with E-state index < -0.39 is 155 Å². The molecule has 2 amide bonds. The molecule has 0 aromatic rings. The van der Waals surface area contributed by atoms with Crippen molar-refractivity contribution < 1.29 is 104 Å². The molecule has 18 atom stereocenters. The molecule has 3 fully saturated rings. The van der Waals surface area contributed by atoms with Gasteiger partial charge in [0, 0.05) is 19.8 Å². The summed E-state index contributed by atoms with van der Waals surface area (Å²) < 4.78 is 34.6. The Morgan fingerprint density at radius 3 is 1.74 bits per heavy atom. The summed E-state index contributed by atoms with van der Waals surface area (Å²) in [6.07, 6.45) is 1.30. The van der Waals surface area contributed by atoms with E-state index in [2.05, 4.69) is 36.6 Å². The normalized spacial score (nSPS) is 31.3. The van der Waals surface area contributed by atoms with E-state index in [9.17, 15) is 75.7 Å². The lowest BCUT2D eigenvalue weighted by Gasteiger charge is -2.50. The van der Waals surface area contributed by atoms with Gasteiger partial charge in [-0.05, 0) is 44.9 Å². The van der Waals surface area contributed by atoms with Gasteiger partial charge in [-0.1, -0.05) is 128 Å². The Balaban J connectivity index is 1.71. The Morgan fingerprint density at radius 2 is 1.21 bits per heavy atom. The molecular formula is C55H98N2O21. The molecule has 0 saturated carbocycles. The minimum absolute atomic E-state index is 0.179. The number of aliphatic hydroxyl groups is 11. The number of ether oxygens (including phenoxy) is 6. The van der Waals surface area contributed by atoms with Crippen LogP contribution in [0.5, 0.6) is 0 Å². The first-order valence-corrected chi connectivity index (χ1v) is 28.7. The van der Waals surface area contributed by atoms with Crippen molar-refractivity contribution in [3.63, 3.8) is 0 Å². The van der Waals surface area contributed by atoms with Crippen LogP contribution in [0.2, 0.25) is 0 Å². The fraction of sp³-hybridized carbons (Fsp3) is 0.873. The van der Waals surface area contributed by atoms with Crippen molar-refractivity contribution in [1.82, 2.24) is 10.6 Å². The number of aliphatic carboxylic acids is 1. The van der Waals surface area contributed by atoms with Gasteiger partial charge in [-0.2, -0.15) is 0 Å². The molecule has 3 heterocycles. The van der Waals surface area contributed by atoms with Crippen LogP contribution >= 0.6 is 0 Å². The third-order valence-electron chi connectivity index (χ3n) is 14.6. The van der Waals surface area contributed by atoms with E-state index in [-0.39, 0.29) is 12.3 Å². The summed E-state index contributed by atoms with van der Waals surface area (Å²) in [6.45, 7) is 2.03. The summed E-state index contributed by atoms with van der Waals surface area (Å²) in [5, 5.41) is 135.